The average Bonchev–Trinajstić information content (AvgIpc) is 3.20. The third-order valence-corrected chi connectivity index (χ3v) is 5.13. The summed E-state index contributed by atoms with van der Waals surface area (Å²) in [5, 5.41) is 6.90. The first kappa shape index (κ1) is 18.4. The van der Waals surface area contributed by atoms with Gasteiger partial charge in [-0.3, -0.25) is 10.1 Å². The van der Waals surface area contributed by atoms with Crippen LogP contribution in [0.15, 0.2) is 35.4 Å². The summed E-state index contributed by atoms with van der Waals surface area (Å²) in [6.45, 7) is 4.10. The summed E-state index contributed by atoms with van der Waals surface area (Å²) in [6, 6.07) is 8.69. The number of rotatable bonds is 6. The molecule has 1 N–H and O–H groups in total. The van der Waals surface area contributed by atoms with Gasteiger partial charge in [0.25, 0.3) is 0 Å². The van der Waals surface area contributed by atoms with Gasteiger partial charge in [-0.2, -0.15) is 0 Å². The van der Waals surface area contributed by atoms with E-state index < -0.39 is 29.9 Å². The zero-order chi connectivity index (χ0) is 19.1. The number of hydrogen-bond acceptors (Lipinski definition) is 7. The van der Waals surface area contributed by atoms with Gasteiger partial charge >= 0.3 is 0 Å². The molecule has 27 heavy (non-hydrogen) atoms. The second-order valence-electron chi connectivity index (χ2n) is 7.47. The Hall–Kier alpha value is -2.00. The highest BCUT2D eigenvalue weighted by molar-refractivity contribution is 5.97. The van der Waals surface area contributed by atoms with E-state index in [0.29, 0.717) is 5.56 Å². The summed E-state index contributed by atoms with van der Waals surface area (Å²) in [4.78, 5) is 15.3. The van der Waals surface area contributed by atoms with Gasteiger partial charge in [0.15, 0.2) is 17.9 Å². The molecule has 3 aliphatic rings. The molecule has 4 rings (SSSR count). The first-order valence-electron chi connectivity index (χ1n) is 8.92. The number of ketones is 1. The zero-order valence-corrected chi connectivity index (χ0v) is 15.2. The number of benzene rings is 1. The van der Waals surface area contributed by atoms with Crippen molar-refractivity contribution >= 4 is 5.78 Å². The lowest BCUT2D eigenvalue weighted by atomic mass is 9.88. The molecular weight excluding hydrogens is 352 g/mol. The summed E-state index contributed by atoms with van der Waals surface area (Å²) in [5.74, 6) is -0.843. The van der Waals surface area contributed by atoms with Crippen LogP contribution in [0.3, 0.4) is 0 Å². The Kier molecular flexibility index (Phi) is 4.67. The number of hydrogen-bond donors (Lipinski definition) is 1. The second kappa shape index (κ2) is 6.87. The van der Waals surface area contributed by atoms with Crippen LogP contribution in [0.5, 0.6) is 0 Å². The van der Waals surface area contributed by atoms with Crippen LogP contribution in [0.2, 0.25) is 0 Å². The molecule has 0 aromatic heterocycles. The van der Waals surface area contributed by atoms with Gasteiger partial charge in [-0.25, -0.2) is 0 Å². The van der Waals surface area contributed by atoms with Crippen LogP contribution in [0.1, 0.15) is 24.2 Å². The minimum absolute atomic E-state index is 0.0331. The summed E-state index contributed by atoms with van der Waals surface area (Å²) >= 11 is 0. The van der Waals surface area contributed by atoms with Gasteiger partial charge in [-0.1, -0.05) is 35.4 Å². The molecule has 9 nitrogen and oxygen atoms in total. The Morgan fingerprint density at radius 3 is 2.81 bits per heavy atom. The largest absolute Gasteiger partial charge is 0.348 e. The van der Waals surface area contributed by atoms with Crippen molar-refractivity contribution in [2.24, 2.45) is 5.11 Å². The predicted molar refractivity (Wildman–Crippen MR) is 94.0 cm³/mol. The maximum Gasteiger partial charge on any atom is 0.176 e. The van der Waals surface area contributed by atoms with E-state index in [1.165, 1.54) is 0 Å². The van der Waals surface area contributed by atoms with Crippen LogP contribution < -0.4 is 5.32 Å². The van der Waals surface area contributed by atoms with E-state index in [1.807, 2.05) is 32.0 Å². The first-order valence-corrected chi connectivity index (χ1v) is 8.92. The molecular formula is C18H22N4O5. The van der Waals surface area contributed by atoms with E-state index in [4.69, 9.17) is 24.5 Å². The van der Waals surface area contributed by atoms with Crippen molar-refractivity contribution in [3.63, 3.8) is 0 Å². The van der Waals surface area contributed by atoms with Gasteiger partial charge in [-0.05, 0) is 19.4 Å². The van der Waals surface area contributed by atoms with E-state index in [1.54, 1.807) is 12.1 Å². The zero-order valence-electron chi connectivity index (χ0n) is 15.2. The first-order chi connectivity index (χ1) is 12.9. The fourth-order valence-corrected chi connectivity index (χ4v) is 3.94. The van der Waals surface area contributed by atoms with Crippen molar-refractivity contribution in [3.8, 4) is 0 Å². The van der Waals surface area contributed by atoms with E-state index >= 15 is 0 Å². The van der Waals surface area contributed by atoms with Crippen LogP contribution >= 0.6 is 0 Å². The Balaban J connectivity index is 1.52. The van der Waals surface area contributed by atoms with Gasteiger partial charge in [0.05, 0.1) is 25.7 Å². The summed E-state index contributed by atoms with van der Waals surface area (Å²) in [6.07, 6.45) is -1.47. The molecule has 0 spiro atoms. The number of carbonyl (C=O) groups is 1. The van der Waals surface area contributed by atoms with Crippen LogP contribution in [0.4, 0.5) is 0 Å². The molecule has 3 saturated heterocycles. The lowest BCUT2D eigenvalue weighted by molar-refractivity contribution is -0.192. The molecule has 0 radical (unpaired) electrons. The Morgan fingerprint density at radius 1 is 1.30 bits per heavy atom. The highest BCUT2D eigenvalue weighted by Gasteiger charge is 2.65. The van der Waals surface area contributed by atoms with Gasteiger partial charge in [0.1, 0.15) is 17.8 Å². The van der Waals surface area contributed by atoms with Crippen LogP contribution in [0, 0.1) is 0 Å². The third kappa shape index (κ3) is 3.34. The number of nitrogens with zero attached hydrogens (tertiary/aromatic N) is 3. The van der Waals surface area contributed by atoms with Crippen LogP contribution in [-0.4, -0.2) is 61.4 Å². The van der Waals surface area contributed by atoms with Crippen molar-refractivity contribution in [1.82, 2.24) is 5.32 Å². The molecule has 144 valence electrons. The molecule has 0 saturated carbocycles. The third-order valence-electron chi connectivity index (χ3n) is 5.13. The standard InChI is InChI=1S/C18H22N4O5/c1-17(2)25-14-13(20-8-12(23)11-6-4-3-5-7-11)16-24-10-18(27-16,9-21-22-19)15(14)26-17/h3-7,13-16,20H,8-10H2,1-2H3/t13-,14-,15-,16?,18+/m1/s1. The van der Waals surface area contributed by atoms with Crippen molar-refractivity contribution < 1.29 is 23.7 Å². The minimum atomic E-state index is -0.878. The lowest BCUT2D eigenvalue weighted by Crippen LogP contribution is -2.64. The molecule has 3 heterocycles. The van der Waals surface area contributed by atoms with Crippen molar-refractivity contribution in [3.05, 3.63) is 46.3 Å². The van der Waals surface area contributed by atoms with E-state index in [-0.39, 0.29) is 31.5 Å². The number of ether oxygens (including phenoxy) is 4. The molecule has 1 aromatic rings. The molecule has 9 heteroatoms. The molecule has 0 aliphatic carbocycles. The topological polar surface area (TPSA) is 115 Å². The van der Waals surface area contributed by atoms with Crippen molar-refractivity contribution in [2.75, 3.05) is 19.7 Å². The van der Waals surface area contributed by atoms with E-state index in [9.17, 15) is 4.79 Å². The fourth-order valence-electron chi connectivity index (χ4n) is 3.94. The molecule has 1 unspecified atom stereocenters. The normalized spacial score (nSPS) is 36.1. The quantitative estimate of drug-likeness (QED) is 0.351. The lowest BCUT2D eigenvalue weighted by Gasteiger charge is -2.41. The van der Waals surface area contributed by atoms with Crippen LogP contribution in [-0.2, 0) is 18.9 Å². The van der Waals surface area contributed by atoms with Gasteiger partial charge in [0.2, 0.25) is 0 Å². The van der Waals surface area contributed by atoms with Crippen LogP contribution in [0.25, 0.3) is 10.4 Å². The van der Waals surface area contributed by atoms with E-state index in [2.05, 4.69) is 15.3 Å². The fraction of sp³-hybridized carbons (Fsp3) is 0.611. The summed E-state index contributed by atoms with van der Waals surface area (Å²) in [7, 11) is 0. The smallest absolute Gasteiger partial charge is 0.176 e. The maximum absolute atomic E-state index is 12.4. The Labute approximate surface area is 156 Å². The van der Waals surface area contributed by atoms with Crippen molar-refractivity contribution in [1.29, 1.82) is 0 Å². The number of carbonyl (C=O) groups excluding carboxylic acids is 1. The molecule has 3 fully saturated rings. The number of nitrogens with one attached hydrogen (secondary N) is 1. The SMILES string of the molecule is CC1(C)O[C@H]2[C@@H](O1)[C@]1(CN=[N+]=[N-])COC(O1)[C@@H]2NCC(=O)c1ccccc1. The number of fused-ring (bicyclic) bond motifs is 4. The highest BCUT2D eigenvalue weighted by atomic mass is 16.8. The van der Waals surface area contributed by atoms with Crippen molar-refractivity contribution in [2.45, 2.75) is 49.8 Å². The van der Waals surface area contributed by atoms with Gasteiger partial charge < -0.3 is 18.9 Å². The second-order valence-corrected chi connectivity index (χ2v) is 7.47. The average molecular weight is 374 g/mol. The molecule has 1 aromatic carbocycles. The Bertz CT molecular complexity index is 766. The molecule has 2 bridgehead atoms. The molecule has 5 atom stereocenters. The minimum Gasteiger partial charge on any atom is -0.348 e. The Morgan fingerprint density at radius 2 is 2.07 bits per heavy atom. The summed E-state index contributed by atoms with van der Waals surface area (Å²) in [5.41, 5.74) is 8.46. The predicted octanol–water partition coefficient (Wildman–Crippen LogP) is 1.78. The highest BCUT2D eigenvalue weighted by Crippen LogP contribution is 2.46. The molecule has 3 aliphatic heterocycles. The molecule has 0 amide bonds. The van der Waals surface area contributed by atoms with Gasteiger partial charge in [-0.15, -0.1) is 0 Å². The summed E-state index contributed by atoms with van der Waals surface area (Å²) < 4.78 is 24.0. The maximum atomic E-state index is 12.4. The monoisotopic (exact) mass is 374 g/mol. The van der Waals surface area contributed by atoms with E-state index in [0.717, 1.165) is 0 Å². The number of azide groups is 1. The number of Topliss-reactive ketones (excluding diaryl/α,β-unsaturated/α-hetero) is 1. The van der Waals surface area contributed by atoms with Gasteiger partial charge in [0, 0.05) is 10.5 Å².